The van der Waals surface area contributed by atoms with Crippen LogP contribution >= 0.6 is 0 Å². The van der Waals surface area contributed by atoms with Crippen LogP contribution in [0.25, 0.3) is 0 Å². The maximum atomic E-state index is 9.05. The number of hydrogen-bond acceptors (Lipinski definition) is 4. The van der Waals surface area contributed by atoms with E-state index < -0.39 is 0 Å². The van der Waals surface area contributed by atoms with Crippen LogP contribution in [0.3, 0.4) is 0 Å². The molecule has 0 spiro atoms. The lowest BCUT2D eigenvalue weighted by atomic mass is 9.95. The highest BCUT2D eigenvalue weighted by atomic mass is 16.3. The predicted octanol–water partition coefficient (Wildman–Crippen LogP) is 1.93. The van der Waals surface area contributed by atoms with Crippen LogP contribution in [0.2, 0.25) is 0 Å². The van der Waals surface area contributed by atoms with Gasteiger partial charge in [-0.25, -0.2) is 9.97 Å². The first-order valence-electron chi connectivity index (χ1n) is 6.34. The highest BCUT2D eigenvalue weighted by Crippen LogP contribution is 2.27. The van der Waals surface area contributed by atoms with Gasteiger partial charge in [-0.1, -0.05) is 0 Å². The largest absolute Gasteiger partial charge is 0.396 e. The van der Waals surface area contributed by atoms with E-state index in [-0.39, 0.29) is 12.1 Å². The Kier molecular flexibility index (Phi) is 3.62. The van der Waals surface area contributed by atoms with Crippen LogP contribution in [0, 0.1) is 0 Å². The first-order chi connectivity index (χ1) is 8.12. The first-order valence-corrected chi connectivity index (χ1v) is 6.34. The number of aliphatic hydroxyl groups excluding tert-OH is 1. The molecule has 17 heavy (non-hydrogen) atoms. The van der Waals surface area contributed by atoms with Crippen LogP contribution in [-0.4, -0.2) is 27.2 Å². The summed E-state index contributed by atoms with van der Waals surface area (Å²) in [5, 5.41) is 12.5. The van der Waals surface area contributed by atoms with E-state index in [1.54, 1.807) is 6.33 Å². The lowest BCUT2D eigenvalue weighted by Crippen LogP contribution is -2.33. The van der Waals surface area contributed by atoms with Gasteiger partial charge in [0.2, 0.25) is 0 Å². The molecule has 0 fully saturated rings. The van der Waals surface area contributed by atoms with E-state index in [1.807, 2.05) is 0 Å². The lowest BCUT2D eigenvalue weighted by molar-refractivity contribution is 0.260. The fourth-order valence-corrected chi connectivity index (χ4v) is 2.29. The van der Waals surface area contributed by atoms with Gasteiger partial charge >= 0.3 is 0 Å². The predicted molar refractivity (Wildman–Crippen MR) is 68.1 cm³/mol. The quantitative estimate of drug-likeness (QED) is 0.837. The number of nitrogens with zero attached hydrogens (tertiary/aromatic N) is 2. The molecule has 1 aromatic heterocycles. The molecule has 0 unspecified atom stereocenters. The van der Waals surface area contributed by atoms with E-state index in [0.717, 1.165) is 18.7 Å². The fraction of sp³-hybridized carbons (Fsp3) is 0.692. The van der Waals surface area contributed by atoms with Gasteiger partial charge in [-0.05, 0) is 46.0 Å². The molecule has 0 aromatic carbocycles. The van der Waals surface area contributed by atoms with Gasteiger partial charge in [0.25, 0.3) is 0 Å². The SMILES string of the molecule is CC(C)(CCO)Nc1ncnc2c1CCCC2. The van der Waals surface area contributed by atoms with Crippen molar-refractivity contribution < 1.29 is 5.11 Å². The van der Waals surface area contributed by atoms with Crippen LogP contribution in [-0.2, 0) is 12.8 Å². The molecule has 0 bridgehead atoms. The summed E-state index contributed by atoms with van der Waals surface area (Å²) in [6.07, 6.45) is 6.92. The summed E-state index contributed by atoms with van der Waals surface area (Å²) in [5.74, 6) is 0.952. The maximum absolute atomic E-state index is 9.05. The number of rotatable bonds is 4. The number of nitrogens with one attached hydrogen (secondary N) is 1. The number of hydrogen-bond donors (Lipinski definition) is 2. The van der Waals surface area contributed by atoms with Gasteiger partial charge < -0.3 is 10.4 Å². The summed E-state index contributed by atoms with van der Waals surface area (Å²) in [6, 6.07) is 0. The molecule has 0 amide bonds. The maximum Gasteiger partial charge on any atom is 0.133 e. The Bertz CT molecular complexity index is 390. The second-order valence-corrected chi connectivity index (χ2v) is 5.34. The molecule has 0 aliphatic heterocycles. The summed E-state index contributed by atoms with van der Waals surface area (Å²) in [6.45, 7) is 4.36. The van der Waals surface area contributed by atoms with Gasteiger partial charge in [-0.15, -0.1) is 0 Å². The van der Waals surface area contributed by atoms with Crippen molar-refractivity contribution in [2.24, 2.45) is 0 Å². The van der Waals surface area contributed by atoms with Crippen molar-refractivity contribution in [1.82, 2.24) is 9.97 Å². The van der Waals surface area contributed by atoms with Gasteiger partial charge in [-0.2, -0.15) is 0 Å². The Balaban J connectivity index is 2.21. The second kappa shape index (κ2) is 5.00. The summed E-state index contributed by atoms with van der Waals surface area (Å²) < 4.78 is 0. The summed E-state index contributed by atoms with van der Waals surface area (Å²) in [7, 11) is 0. The molecule has 4 heteroatoms. The highest BCUT2D eigenvalue weighted by molar-refractivity contribution is 5.48. The molecule has 0 saturated carbocycles. The van der Waals surface area contributed by atoms with Crippen LogP contribution in [0.1, 0.15) is 44.4 Å². The van der Waals surface area contributed by atoms with E-state index in [1.165, 1.54) is 24.1 Å². The standard InChI is InChI=1S/C13H21N3O/c1-13(2,7-8-17)16-12-10-5-3-4-6-11(10)14-9-15-12/h9,17H,3-8H2,1-2H3,(H,14,15,16). The van der Waals surface area contributed by atoms with Crippen LogP contribution in [0.15, 0.2) is 6.33 Å². The number of aromatic nitrogens is 2. The highest BCUT2D eigenvalue weighted by Gasteiger charge is 2.21. The monoisotopic (exact) mass is 235 g/mol. The van der Waals surface area contributed by atoms with Crippen molar-refractivity contribution in [2.45, 2.75) is 51.5 Å². The number of aliphatic hydroxyl groups is 1. The Morgan fingerprint density at radius 3 is 2.82 bits per heavy atom. The molecular formula is C13H21N3O. The third-order valence-electron chi connectivity index (χ3n) is 3.32. The second-order valence-electron chi connectivity index (χ2n) is 5.34. The average molecular weight is 235 g/mol. The molecule has 1 aliphatic carbocycles. The third-order valence-corrected chi connectivity index (χ3v) is 3.32. The van der Waals surface area contributed by atoms with Gasteiger partial charge in [-0.3, -0.25) is 0 Å². The summed E-state index contributed by atoms with van der Waals surface area (Å²) >= 11 is 0. The zero-order chi connectivity index (χ0) is 12.3. The average Bonchev–Trinajstić information content (AvgIpc) is 2.29. The number of anilines is 1. The van der Waals surface area contributed by atoms with Gasteiger partial charge in [0.1, 0.15) is 12.1 Å². The van der Waals surface area contributed by atoms with E-state index in [0.29, 0.717) is 6.42 Å². The normalized spacial score (nSPS) is 15.5. The minimum absolute atomic E-state index is 0.131. The Morgan fingerprint density at radius 2 is 2.06 bits per heavy atom. The Labute approximate surface area is 102 Å². The van der Waals surface area contributed by atoms with Gasteiger partial charge in [0, 0.05) is 23.4 Å². The summed E-state index contributed by atoms with van der Waals surface area (Å²) in [5.41, 5.74) is 2.33. The van der Waals surface area contributed by atoms with E-state index >= 15 is 0 Å². The van der Waals surface area contributed by atoms with Gasteiger partial charge in [0.15, 0.2) is 0 Å². The zero-order valence-electron chi connectivity index (χ0n) is 10.7. The minimum atomic E-state index is -0.131. The zero-order valence-corrected chi connectivity index (χ0v) is 10.7. The fourth-order valence-electron chi connectivity index (χ4n) is 2.29. The van der Waals surface area contributed by atoms with Crippen molar-refractivity contribution >= 4 is 5.82 Å². The van der Waals surface area contributed by atoms with Crippen LogP contribution in [0.5, 0.6) is 0 Å². The molecule has 0 radical (unpaired) electrons. The van der Waals surface area contributed by atoms with E-state index in [9.17, 15) is 0 Å². The molecule has 4 nitrogen and oxygen atoms in total. The smallest absolute Gasteiger partial charge is 0.133 e. The molecule has 0 saturated heterocycles. The molecule has 1 heterocycles. The van der Waals surface area contributed by atoms with Crippen molar-refractivity contribution in [3.8, 4) is 0 Å². The molecular weight excluding hydrogens is 214 g/mol. The molecule has 1 aromatic rings. The van der Waals surface area contributed by atoms with Crippen molar-refractivity contribution in [3.05, 3.63) is 17.6 Å². The van der Waals surface area contributed by atoms with E-state index in [2.05, 4.69) is 29.1 Å². The molecule has 2 N–H and O–H groups in total. The van der Waals surface area contributed by atoms with Gasteiger partial charge in [0.05, 0.1) is 0 Å². The Hall–Kier alpha value is -1.16. The lowest BCUT2D eigenvalue weighted by Gasteiger charge is -2.28. The number of fused-ring (bicyclic) bond motifs is 1. The van der Waals surface area contributed by atoms with Crippen molar-refractivity contribution in [2.75, 3.05) is 11.9 Å². The minimum Gasteiger partial charge on any atom is -0.396 e. The topological polar surface area (TPSA) is 58.0 Å². The van der Waals surface area contributed by atoms with E-state index in [4.69, 9.17) is 5.11 Å². The van der Waals surface area contributed by atoms with Crippen molar-refractivity contribution in [3.63, 3.8) is 0 Å². The third kappa shape index (κ3) is 2.94. The van der Waals surface area contributed by atoms with Crippen LogP contribution in [0.4, 0.5) is 5.82 Å². The van der Waals surface area contributed by atoms with Crippen molar-refractivity contribution in [1.29, 1.82) is 0 Å². The van der Waals surface area contributed by atoms with Crippen LogP contribution < -0.4 is 5.32 Å². The molecule has 0 atom stereocenters. The molecule has 2 rings (SSSR count). The molecule has 94 valence electrons. The Morgan fingerprint density at radius 1 is 1.29 bits per heavy atom. The number of aryl methyl sites for hydroxylation is 1. The summed E-state index contributed by atoms with van der Waals surface area (Å²) in [4.78, 5) is 8.71. The molecule has 1 aliphatic rings. The first kappa shape index (κ1) is 12.3.